The monoisotopic (exact) mass is 451 g/mol. The molecule has 1 aliphatic heterocycles. The third-order valence-electron chi connectivity index (χ3n) is 6.89. The first-order valence-electron chi connectivity index (χ1n) is 11.5. The lowest BCUT2D eigenvalue weighted by Crippen LogP contribution is -2.57. The zero-order chi connectivity index (χ0) is 23.1. The van der Waals surface area contributed by atoms with E-state index in [1.165, 1.54) is 27.1 Å². The van der Waals surface area contributed by atoms with Crippen molar-refractivity contribution in [2.45, 2.75) is 50.6 Å². The number of likely N-dealkylation sites (N-methyl/N-ethyl adjacent to an activating group) is 1. The number of nitrogens with one attached hydrogen (secondary N) is 1. The number of ether oxygens (including phenoxy) is 2. The van der Waals surface area contributed by atoms with Gasteiger partial charge in [-0.3, -0.25) is 4.79 Å². The van der Waals surface area contributed by atoms with E-state index >= 15 is 0 Å². The number of carbonyl (C=O) groups excluding carboxylic acids is 2. The number of methoxy groups -OCH3 is 2. The summed E-state index contributed by atoms with van der Waals surface area (Å²) >= 11 is 0. The highest BCUT2D eigenvalue weighted by Gasteiger charge is 2.49. The van der Waals surface area contributed by atoms with Crippen LogP contribution in [0.5, 0.6) is 5.75 Å². The Hall–Kier alpha value is -3.36. The van der Waals surface area contributed by atoms with Crippen molar-refractivity contribution in [2.75, 3.05) is 36.4 Å². The van der Waals surface area contributed by atoms with E-state index in [-0.39, 0.29) is 11.9 Å². The van der Waals surface area contributed by atoms with Crippen molar-refractivity contribution in [1.82, 2.24) is 9.97 Å². The molecule has 9 heteroatoms. The SMILES string of the molecule is COC(=O)c1ccc(Nc2ncc3c(n2)N(C2CCCC2)[C@H](C2CC2)C(=O)N3C)c(OC)c1. The Morgan fingerprint density at radius 3 is 2.58 bits per heavy atom. The second-order valence-corrected chi connectivity index (χ2v) is 8.96. The van der Waals surface area contributed by atoms with E-state index in [1.54, 1.807) is 29.3 Å². The van der Waals surface area contributed by atoms with Gasteiger partial charge in [0, 0.05) is 13.1 Å². The Kier molecular flexibility index (Phi) is 5.55. The van der Waals surface area contributed by atoms with Gasteiger partial charge in [0.05, 0.1) is 31.7 Å². The van der Waals surface area contributed by atoms with E-state index < -0.39 is 5.97 Å². The fourth-order valence-corrected chi connectivity index (χ4v) is 5.00. The molecule has 2 aromatic rings. The molecule has 2 heterocycles. The van der Waals surface area contributed by atoms with Gasteiger partial charge in [-0.25, -0.2) is 9.78 Å². The maximum absolute atomic E-state index is 13.3. The molecule has 1 aromatic heterocycles. The van der Waals surface area contributed by atoms with Gasteiger partial charge in [0.25, 0.3) is 0 Å². The van der Waals surface area contributed by atoms with Gasteiger partial charge in [-0.2, -0.15) is 4.98 Å². The predicted octanol–water partition coefficient (Wildman–Crippen LogP) is 3.52. The summed E-state index contributed by atoms with van der Waals surface area (Å²) in [6.07, 6.45) is 8.40. The van der Waals surface area contributed by atoms with Crippen LogP contribution in [0.2, 0.25) is 0 Å². The standard InChI is InChI=1S/C24H29N5O4/c1-28-18-13-25-24(26-17-11-10-15(23(31)33-3)12-19(17)32-2)27-21(18)29(16-6-4-5-7-16)20(22(28)30)14-8-9-14/h10-14,16,20H,4-9H2,1-3H3,(H,25,26,27)/t20-/m1/s1. The molecule has 1 atom stereocenters. The van der Waals surface area contributed by atoms with Crippen molar-refractivity contribution >= 4 is 35.0 Å². The number of hydrogen-bond donors (Lipinski definition) is 1. The van der Waals surface area contributed by atoms with Crippen LogP contribution in [-0.4, -0.2) is 55.2 Å². The average molecular weight is 452 g/mol. The molecule has 174 valence electrons. The Balaban J connectivity index is 1.51. The number of anilines is 4. The lowest BCUT2D eigenvalue weighted by molar-refractivity contribution is -0.120. The highest BCUT2D eigenvalue weighted by Crippen LogP contribution is 2.46. The van der Waals surface area contributed by atoms with Crippen molar-refractivity contribution in [3.05, 3.63) is 30.0 Å². The molecule has 1 N–H and O–H groups in total. The van der Waals surface area contributed by atoms with Crippen LogP contribution in [0.15, 0.2) is 24.4 Å². The lowest BCUT2D eigenvalue weighted by atomic mass is 10.0. The minimum Gasteiger partial charge on any atom is -0.495 e. The molecule has 3 aliphatic rings. The second-order valence-electron chi connectivity index (χ2n) is 8.96. The summed E-state index contributed by atoms with van der Waals surface area (Å²) in [5, 5.41) is 3.23. The first-order valence-corrected chi connectivity index (χ1v) is 11.5. The van der Waals surface area contributed by atoms with Gasteiger partial charge in [0.2, 0.25) is 11.9 Å². The fraction of sp³-hybridized carbons (Fsp3) is 0.500. The van der Waals surface area contributed by atoms with Gasteiger partial charge >= 0.3 is 5.97 Å². The van der Waals surface area contributed by atoms with Crippen LogP contribution >= 0.6 is 0 Å². The summed E-state index contributed by atoms with van der Waals surface area (Å²) in [5.41, 5.74) is 1.77. The molecule has 0 bridgehead atoms. The first kappa shape index (κ1) is 21.5. The highest BCUT2D eigenvalue weighted by molar-refractivity contribution is 6.05. The minimum absolute atomic E-state index is 0.140. The van der Waals surface area contributed by atoms with Crippen LogP contribution in [-0.2, 0) is 9.53 Å². The summed E-state index contributed by atoms with van der Waals surface area (Å²) in [6, 6.07) is 5.19. The lowest BCUT2D eigenvalue weighted by Gasteiger charge is -2.44. The van der Waals surface area contributed by atoms with Gasteiger partial charge in [0.1, 0.15) is 17.5 Å². The number of benzene rings is 1. The molecule has 0 unspecified atom stereocenters. The quantitative estimate of drug-likeness (QED) is 0.667. The Bertz CT molecular complexity index is 1080. The van der Waals surface area contributed by atoms with Gasteiger partial charge in [-0.05, 0) is 49.8 Å². The predicted molar refractivity (Wildman–Crippen MR) is 124 cm³/mol. The van der Waals surface area contributed by atoms with Crippen molar-refractivity contribution in [3.63, 3.8) is 0 Å². The van der Waals surface area contributed by atoms with Crippen molar-refractivity contribution in [3.8, 4) is 5.75 Å². The number of amides is 1. The van der Waals surface area contributed by atoms with E-state index in [9.17, 15) is 9.59 Å². The number of hydrogen-bond acceptors (Lipinski definition) is 8. The molecule has 1 amide bonds. The van der Waals surface area contributed by atoms with Gasteiger partial charge in [-0.15, -0.1) is 0 Å². The zero-order valence-electron chi connectivity index (χ0n) is 19.2. The number of aromatic nitrogens is 2. The largest absolute Gasteiger partial charge is 0.495 e. The maximum atomic E-state index is 13.3. The van der Waals surface area contributed by atoms with Crippen LogP contribution in [0, 0.1) is 5.92 Å². The summed E-state index contributed by atoms with van der Waals surface area (Å²) in [5.74, 6) is 1.81. The number of esters is 1. The van der Waals surface area contributed by atoms with Crippen LogP contribution in [0.4, 0.5) is 23.1 Å². The second kappa shape index (κ2) is 8.53. The molecule has 0 spiro atoms. The summed E-state index contributed by atoms with van der Waals surface area (Å²) < 4.78 is 10.3. The molecule has 9 nitrogen and oxygen atoms in total. The van der Waals surface area contributed by atoms with Crippen molar-refractivity contribution < 1.29 is 19.1 Å². The van der Waals surface area contributed by atoms with E-state index in [4.69, 9.17) is 14.5 Å². The summed E-state index contributed by atoms with van der Waals surface area (Å²) in [7, 11) is 4.69. The molecule has 0 saturated heterocycles. The van der Waals surface area contributed by atoms with Crippen LogP contribution in [0.25, 0.3) is 0 Å². The van der Waals surface area contributed by atoms with Crippen LogP contribution < -0.4 is 19.9 Å². The maximum Gasteiger partial charge on any atom is 0.337 e. The van der Waals surface area contributed by atoms with Gasteiger partial charge in [0.15, 0.2) is 5.82 Å². The first-order chi connectivity index (χ1) is 16.0. The highest BCUT2D eigenvalue weighted by atomic mass is 16.5. The van der Waals surface area contributed by atoms with E-state index in [0.717, 1.165) is 37.2 Å². The average Bonchev–Trinajstić information content (AvgIpc) is 3.53. The number of nitrogens with zero attached hydrogens (tertiary/aromatic N) is 4. The van der Waals surface area contributed by atoms with E-state index in [2.05, 4.69) is 15.2 Å². The molecule has 5 rings (SSSR count). The molecule has 33 heavy (non-hydrogen) atoms. The fourth-order valence-electron chi connectivity index (χ4n) is 5.00. The van der Waals surface area contributed by atoms with Gasteiger partial charge in [-0.1, -0.05) is 12.8 Å². The molecule has 2 saturated carbocycles. The minimum atomic E-state index is -0.434. The Morgan fingerprint density at radius 2 is 1.91 bits per heavy atom. The summed E-state index contributed by atoms with van der Waals surface area (Å²) in [4.78, 5) is 38.5. The molecular weight excluding hydrogens is 422 g/mol. The third kappa shape index (κ3) is 3.85. The van der Waals surface area contributed by atoms with Crippen LogP contribution in [0.1, 0.15) is 48.9 Å². The molecule has 2 fully saturated rings. The Labute approximate surface area is 193 Å². The van der Waals surface area contributed by atoms with Gasteiger partial charge < -0.3 is 24.6 Å². The topological polar surface area (TPSA) is 96.9 Å². The van der Waals surface area contributed by atoms with E-state index in [0.29, 0.717) is 34.9 Å². The number of rotatable bonds is 6. The van der Waals surface area contributed by atoms with Crippen molar-refractivity contribution in [2.24, 2.45) is 5.92 Å². The Morgan fingerprint density at radius 1 is 1.15 bits per heavy atom. The smallest absolute Gasteiger partial charge is 0.337 e. The zero-order valence-corrected chi connectivity index (χ0v) is 19.2. The van der Waals surface area contributed by atoms with E-state index in [1.807, 2.05) is 7.05 Å². The number of carbonyl (C=O) groups is 2. The summed E-state index contributed by atoms with van der Waals surface area (Å²) in [6.45, 7) is 0. The normalized spacial score (nSPS) is 20.6. The van der Waals surface area contributed by atoms with Crippen molar-refractivity contribution in [1.29, 1.82) is 0 Å². The number of fused-ring (bicyclic) bond motifs is 1. The molecule has 1 aromatic carbocycles. The van der Waals surface area contributed by atoms with Crippen LogP contribution in [0.3, 0.4) is 0 Å². The molecule has 0 radical (unpaired) electrons. The molecule has 2 aliphatic carbocycles. The molecular formula is C24H29N5O4. The third-order valence-corrected chi connectivity index (χ3v) is 6.89.